The summed E-state index contributed by atoms with van der Waals surface area (Å²) in [6.45, 7) is 0. The molecule has 0 radical (unpaired) electrons. The Hall–Kier alpha value is -2.48. The van der Waals surface area contributed by atoms with E-state index in [1.54, 1.807) is 12.1 Å². The molecule has 2 heteroatoms. The van der Waals surface area contributed by atoms with Crippen molar-refractivity contribution in [3.63, 3.8) is 0 Å². The van der Waals surface area contributed by atoms with Gasteiger partial charge in [0.05, 0.1) is 0 Å². The van der Waals surface area contributed by atoms with Crippen LogP contribution < -0.4 is 0 Å². The molecule has 4 rings (SSSR count). The van der Waals surface area contributed by atoms with Crippen LogP contribution >= 0.6 is 0 Å². The summed E-state index contributed by atoms with van der Waals surface area (Å²) in [4.78, 5) is 26.7. The third-order valence-corrected chi connectivity index (χ3v) is 5.08. The first kappa shape index (κ1) is 14.1. The molecule has 0 N–H and O–H groups in total. The first-order valence-electron chi connectivity index (χ1n) is 8.20. The van der Waals surface area contributed by atoms with Crippen LogP contribution in [0.5, 0.6) is 0 Å². The van der Waals surface area contributed by atoms with E-state index in [1.165, 1.54) is 0 Å². The number of rotatable bonds is 2. The Kier molecular flexibility index (Phi) is 3.26. The molecule has 23 heavy (non-hydrogen) atoms. The molecule has 0 bridgehead atoms. The minimum atomic E-state index is -1.13. The molecule has 0 spiro atoms. The van der Waals surface area contributed by atoms with Crippen molar-refractivity contribution in [2.45, 2.75) is 31.1 Å². The Bertz CT molecular complexity index is 780. The zero-order chi connectivity index (χ0) is 15.9. The second-order valence-corrected chi connectivity index (χ2v) is 6.30. The zero-order valence-corrected chi connectivity index (χ0v) is 12.9. The van der Waals surface area contributed by atoms with E-state index in [0.29, 0.717) is 11.1 Å². The van der Waals surface area contributed by atoms with Gasteiger partial charge in [-0.2, -0.15) is 0 Å². The van der Waals surface area contributed by atoms with Gasteiger partial charge in [-0.3, -0.25) is 9.59 Å². The summed E-state index contributed by atoms with van der Waals surface area (Å²) >= 11 is 0. The van der Waals surface area contributed by atoms with Gasteiger partial charge >= 0.3 is 0 Å². The Morgan fingerprint density at radius 3 is 1.91 bits per heavy atom. The number of Topliss-reactive ketones (excluding diaryl/α,β-unsaturated/α-hetero) is 2. The molecule has 2 nitrogen and oxygen atoms in total. The molecule has 0 aromatic heterocycles. The van der Waals surface area contributed by atoms with Crippen LogP contribution in [-0.4, -0.2) is 11.6 Å². The molecule has 0 unspecified atom stereocenters. The van der Waals surface area contributed by atoms with Gasteiger partial charge in [0.15, 0.2) is 11.6 Å². The average molecular weight is 302 g/mol. The first-order valence-corrected chi connectivity index (χ1v) is 8.20. The summed E-state index contributed by atoms with van der Waals surface area (Å²) in [7, 11) is 0. The minimum absolute atomic E-state index is 0.0579. The van der Waals surface area contributed by atoms with E-state index < -0.39 is 5.41 Å². The smallest absolute Gasteiger partial charge is 0.186 e. The van der Waals surface area contributed by atoms with Crippen LogP contribution in [0.25, 0.3) is 0 Å². The molecular formula is C21H18O2. The fourth-order valence-electron chi connectivity index (χ4n) is 3.99. The predicted octanol–water partition coefficient (Wildman–Crippen LogP) is 4.50. The molecule has 2 aromatic rings. The standard InChI is InChI=1S/C21H18O2/c22-19-17-13-7-8-14-18(17)20(23)21(19,15-9-3-1-4-10-15)16-11-5-2-6-12-16/h1,3-4,7-11,13-14H,2,5-6,12H2. The molecule has 0 atom stereocenters. The first-order chi connectivity index (χ1) is 11.3. The fourth-order valence-corrected chi connectivity index (χ4v) is 3.99. The highest BCUT2D eigenvalue weighted by Gasteiger charge is 2.56. The van der Waals surface area contributed by atoms with Crippen LogP contribution in [0.4, 0.5) is 0 Å². The second kappa shape index (κ2) is 5.31. The third-order valence-electron chi connectivity index (χ3n) is 5.08. The molecule has 0 fully saturated rings. The SMILES string of the molecule is O=C1c2ccccc2C(=O)C1(C1=CCCCC1)c1ccccc1. The van der Waals surface area contributed by atoms with Crippen LogP contribution in [0.1, 0.15) is 52.0 Å². The molecule has 2 aliphatic rings. The van der Waals surface area contributed by atoms with Crippen LogP contribution in [0.2, 0.25) is 0 Å². The Labute approximate surface area is 135 Å². The highest BCUT2D eigenvalue weighted by Crippen LogP contribution is 2.47. The van der Waals surface area contributed by atoms with Crippen molar-refractivity contribution in [3.05, 3.63) is 82.9 Å². The van der Waals surface area contributed by atoms with Crippen LogP contribution in [0.3, 0.4) is 0 Å². The van der Waals surface area contributed by atoms with Crippen molar-refractivity contribution in [2.24, 2.45) is 0 Å². The highest BCUT2D eigenvalue weighted by atomic mass is 16.2. The largest absolute Gasteiger partial charge is 0.292 e. The van der Waals surface area contributed by atoms with Gasteiger partial charge in [-0.25, -0.2) is 0 Å². The number of allylic oxidation sites excluding steroid dienone is 2. The van der Waals surface area contributed by atoms with Crippen molar-refractivity contribution in [3.8, 4) is 0 Å². The average Bonchev–Trinajstić information content (AvgIpc) is 2.86. The lowest BCUT2D eigenvalue weighted by atomic mass is 9.67. The van der Waals surface area contributed by atoms with E-state index in [4.69, 9.17) is 0 Å². The Morgan fingerprint density at radius 1 is 0.739 bits per heavy atom. The van der Waals surface area contributed by atoms with Crippen molar-refractivity contribution >= 4 is 11.6 Å². The molecule has 0 saturated heterocycles. The van der Waals surface area contributed by atoms with Crippen LogP contribution in [0, 0.1) is 0 Å². The quantitative estimate of drug-likeness (QED) is 0.604. The number of hydrogen-bond donors (Lipinski definition) is 0. The van der Waals surface area contributed by atoms with Gasteiger partial charge in [-0.05, 0) is 36.8 Å². The molecule has 2 aromatic carbocycles. The van der Waals surface area contributed by atoms with Gasteiger partial charge in [-0.1, -0.05) is 60.7 Å². The molecule has 2 aliphatic carbocycles. The summed E-state index contributed by atoms with van der Waals surface area (Å²) in [5, 5.41) is 0. The van der Waals surface area contributed by atoms with Crippen molar-refractivity contribution < 1.29 is 9.59 Å². The van der Waals surface area contributed by atoms with E-state index in [9.17, 15) is 9.59 Å². The summed E-state index contributed by atoms with van der Waals surface area (Å²) < 4.78 is 0. The van der Waals surface area contributed by atoms with E-state index in [1.807, 2.05) is 42.5 Å². The maximum Gasteiger partial charge on any atom is 0.186 e. The zero-order valence-electron chi connectivity index (χ0n) is 12.9. The Balaban J connectivity index is 2.01. The molecule has 0 heterocycles. The van der Waals surface area contributed by atoms with E-state index in [2.05, 4.69) is 6.08 Å². The normalized spacial score (nSPS) is 19.4. The lowest BCUT2D eigenvalue weighted by molar-refractivity contribution is 0.0821. The third kappa shape index (κ3) is 1.88. The van der Waals surface area contributed by atoms with Crippen LogP contribution in [-0.2, 0) is 5.41 Å². The number of fused-ring (bicyclic) bond motifs is 1. The summed E-state index contributed by atoms with van der Waals surface area (Å²) in [5.74, 6) is -0.116. The van der Waals surface area contributed by atoms with Gasteiger partial charge in [-0.15, -0.1) is 0 Å². The minimum Gasteiger partial charge on any atom is -0.292 e. The maximum absolute atomic E-state index is 13.4. The summed E-state index contributed by atoms with van der Waals surface area (Å²) in [5.41, 5.74) is 1.78. The van der Waals surface area contributed by atoms with Gasteiger partial charge in [0.1, 0.15) is 5.41 Å². The number of benzene rings is 2. The Morgan fingerprint density at radius 2 is 1.35 bits per heavy atom. The van der Waals surface area contributed by atoms with Crippen molar-refractivity contribution in [2.75, 3.05) is 0 Å². The van der Waals surface area contributed by atoms with Crippen LogP contribution in [0.15, 0.2) is 66.2 Å². The molecule has 0 saturated carbocycles. The lowest BCUT2D eigenvalue weighted by Crippen LogP contribution is -2.41. The topological polar surface area (TPSA) is 34.1 Å². The van der Waals surface area contributed by atoms with Crippen molar-refractivity contribution in [1.82, 2.24) is 0 Å². The van der Waals surface area contributed by atoms with Crippen molar-refractivity contribution in [1.29, 1.82) is 0 Å². The molecule has 0 amide bonds. The van der Waals surface area contributed by atoms with E-state index in [-0.39, 0.29) is 11.6 Å². The fraction of sp³-hybridized carbons (Fsp3) is 0.238. The van der Waals surface area contributed by atoms with Gasteiger partial charge in [0.25, 0.3) is 0 Å². The molecule has 114 valence electrons. The molecular weight excluding hydrogens is 284 g/mol. The maximum atomic E-state index is 13.4. The predicted molar refractivity (Wildman–Crippen MR) is 89.8 cm³/mol. The van der Waals surface area contributed by atoms with E-state index >= 15 is 0 Å². The number of carbonyl (C=O) groups is 2. The summed E-state index contributed by atoms with van der Waals surface area (Å²) in [6, 6.07) is 16.8. The van der Waals surface area contributed by atoms with Gasteiger partial charge in [0, 0.05) is 11.1 Å². The second-order valence-electron chi connectivity index (χ2n) is 6.30. The van der Waals surface area contributed by atoms with E-state index in [0.717, 1.165) is 36.8 Å². The monoisotopic (exact) mass is 302 g/mol. The lowest BCUT2D eigenvalue weighted by Gasteiger charge is -2.31. The summed E-state index contributed by atoms with van der Waals surface area (Å²) in [6.07, 6.45) is 6.06. The molecule has 0 aliphatic heterocycles. The number of ketones is 2. The number of hydrogen-bond acceptors (Lipinski definition) is 2. The highest BCUT2D eigenvalue weighted by molar-refractivity contribution is 6.35. The number of carbonyl (C=O) groups excluding carboxylic acids is 2. The van der Waals surface area contributed by atoms with Gasteiger partial charge < -0.3 is 0 Å². The van der Waals surface area contributed by atoms with Gasteiger partial charge in [0.2, 0.25) is 0 Å².